The van der Waals surface area contributed by atoms with Crippen molar-refractivity contribution in [1.29, 1.82) is 0 Å². The second-order valence-electron chi connectivity index (χ2n) is 9.16. The highest BCUT2D eigenvalue weighted by molar-refractivity contribution is 5.76. The molecular weight excluding hydrogens is 478 g/mol. The molecule has 0 heterocycles. The van der Waals surface area contributed by atoms with E-state index in [4.69, 9.17) is 4.74 Å². The lowest BCUT2D eigenvalue weighted by molar-refractivity contribution is -0.187. The SMILES string of the molecule is CCCCCc1ccc(OC(F)(F)c2ccc3c(c2F)C(F)C(F)c2c-3ccc(CCC)c2F)cc1. The molecule has 0 spiro atoms. The molecule has 1 aliphatic carbocycles. The highest BCUT2D eigenvalue weighted by Gasteiger charge is 2.44. The number of unbranched alkanes of at least 4 members (excludes halogenated alkanes) is 2. The van der Waals surface area contributed by atoms with Crippen LogP contribution in [0.1, 0.15) is 79.7 Å². The average Bonchev–Trinajstić information content (AvgIpc) is 2.84. The molecule has 0 N–H and O–H groups in total. The van der Waals surface area contributed by atoms with E-state index in [1.807, 2.05) is 6.92 Å². The monoisotopic (exact) mass is 506 g/mol. The molecule has 0 radical (unpaired) electrons. The minimum absolute atomic E-state index is 0.0444. The Labute approximate surface area is 207 Å². The maximum absolute atomic E-state index is 15.3. The van der Waals surface area contributed by atoms with E-state index in [9.17, 15) is 4.39 Å². The first-order valence-corrected chi connectivity index (χ1v) is 12.3. The van der Waals surface area contributed by atoms with Crippen molar-refractivity contribution in [3.05, 3.63) is 88.0 Å². The summed E-state index contributed by atoms with van der Waals surface area (Å²) in [7, 11) is 0. The average molecular weight is 507 g/mol. The van der Waals surface area contributed by atoms with Crippen molar-refractivity contribution in [2.24, 2.45) is 0 Å². The predicted octanol–water partition coefficient (Wildman–Crippen LogP) is 9.48. The fourth-order valence-electron chi connectivity index (χ4n) is 4.73. The second-order valence-corrected chi connectivity index (χ2v) is 9.16. The maximum atomic E-state index is 15.3. The van der Waals surface area contributed by atoms with E-state index in [-0.39, 0.29) is 22.4 Å². The van der Waals surface area contributed by atoms with Gasteiger partial charge in [0.05, 0.1) is 0 Å². The van der Waals surface area contributed by atoms with Crippen molar-refractivity contribution in [3.63, 3.8) is 0 Å². The Morgan fingerprint density at radius 1 is 0.722 bits per heavy atom. The van der Waals surface area contributed by atoms with Crippen LogP contribution in [0.3, 0.4) is 0 Å². The summed E-state index contributed by atoms with van der Waals surface area (Å²) in [6.45, 7) is 3.90. The molecule has 3 aromatic carbocycles. The summed E-state index contributed by atoms with van der Waals surface area (Å²) in [5.74, 6) is -2.67. The number of halogens is 6. The lowest BCUT2D eigenvalue weighted by Gasteiger charge is -2.29. The van der Waals surface area contributed by atoms with Crippen molar-refractivity contribution < 1.29 is 31.1 Å². The minimum atomic E-state index is -4.15. The van der Waals surface area contributed by atoms with E-state index >= 15 is 22.0 Å². The van der Waals surface area contributed by atoms with Gasteiger partial charge in [-0.2, -0.15) is 8.78 Å². The summed E-state index contributed by atoms with van der Waals surface area (Å²) in [5, 5.41) is 0. The van der Waals surface area contributed by atoms with Crippen molar-refractivity contribution in [1.82, 2.24) is 0 Å². The Kier molecular flexibility index (Phi) is 7.67. The van der Waals surface area contributed by atoms with Crippen molar-refractivity contribution in [3.8, 4) is 16.9 Å². The Morgan fingerprint density at radius 3 is 1.94 bits per heavy atom. The van der Waals surface area contributed by atoms with Crippen LogP contribution in [0.25, 0.3) is 11.1 Å². The van der Waals surface area contributed by atoms with E-state index in [2.05, 4.69) is 6.92 Å². The van der Waals surface area contributed by atoms with Gasteiger partial charge in [-0.1, -0.05) is 63.4 Å². The quantitative estimate of drug-likeness (QED) is 0.207. The van der Waals surface area contributed by atoms with Crippen LogP contribution in [0.5, 0.6) is 5.75 Å². The molecular formula is C29H28F6O. The summed E-state index contributed by atoms with van der Waals surface area (Å²) in [6.07, 6.45) is -4.51. The molecule has 0 aliphatic heterocycles. The van der Waals surface area contributed by atoms with Gasteiger partial charge >= 0.3 is 6.11 Å². The molecule has 0 aromatic heterocycles. The van der Waals surface area contributed by atoms with Crippen LogP contribution in [-0.4, -0.2) is 0 Å². The Bertz CT molecular complexity index is 1220. The van der Waals surface area contributed by atoms with Crippen molar-refractivity contribution in [2.45, 2.75) is 70.8 Å². The Morgan fingerprint density at radius 2 is 1.33 bits per heavy atom. The molecule has 0 amide bonds. The lowest BCUT2D eigenvalue weighted by Crippen LogP contribution is -2.25. The number of alkyl halides is 4. The number of rotatable bonds is 9. The van der Waals surface area contributed by atoms with Gasteiger partial charge in [-0.3, -0.25) is 0 Å². The van der Waals surface area contributed by atoms with Gasteiger partial charge in [0.25, 0.3) is 0 Å². The number of hydrogen-bond acceptors (Lipinski definition) is 1. The molecule has 4 rings (SSSR count). The van der Waals surface area contributed by atoms with Crippen LogP contribution in [-0.2, 0) is 19.0 Å². The molecule has 2 unspecified atom stereocenters. The summed E-state index contributed by atoms with van der Waals surface area (Å²) < 4.78 is 95.2. The highest BCUT2D eigenvalue weighted by atomic mass is 19.3. The van der Waals surface area contributed by atoms with E-state index in [0.717, 1.165) is 43.4 Å². The largest absolute Gasteiger partial charge is 0.429 e. The summed E-state index contributed by atoms with van der Waals surface area (Å²) in [5.41, 5.74) is -1.59. The zero-order chi connectivity index (χ0) is 26.0. The van der Waals surface area contributed by atoms with Crippen LogP contribution >= 0.6 is 0 Å². The molecule has 0 saturated carbocycles. The molecule has 1 aliphatic rings. The standard InChI is InChI=1S/C29H28F6O/c1-3-5-6-8-17-9-12-19(13-10-17)36-29(34,35)22-16-15-21-20-14-11-18(7-4-2)25(30)23(20)27(32)28(33)24(21)26(22)31/h9-16,27-28H,3-8H2,1-2H3. The van der Waals surface area contributed by atoms with Crippen LogP contribution in [0.2, 0.25) is 0 Å². The first kappa shape index (κ1) is 26.1. The van der Waals surface area contributed by atoms with Crippen molar-refractivity contribution in [2.75, 3.05) is 0 Å². The van der Waals surface area contributed by atoms with Crippen LogP contribution in [0.4, 0.5) is 26.3 Å². The number of aryl methyl sites for hydroxylation is 2. The zero-order valence-corrected chi connectivity index (χ0v) is 20.2. The Balaban J connectivity index is 1.67. The molecule has 7 heteroatoms. The third-order valence-corrected chi connectivity index (χ3v) is 6.61. The third kappa shape index (κ3) is 4.84. The maximum Gasteiger partial charge on any atom is 0.429 e. The molecule has 0 bridgehead atoms. The molecule has 36 heavy (non-hydrogen) atoms. The smallest absolute Gasteiger partial charge is 0.429 e. The second kappa shape index (κ2) is 10.6. The van der Waals surface area contributed by atoms with Gasteiger partial charge in [-0.15, -0.1) is 0 Å². The van der Waals surface area contributed by atoms with Crippen LogP contribution in [0, 0.1) is 11.6 Å². The van der Waals surface area contributed by atoms with Gasteiger partial charge in [0.2, 0.25) is 0 Å². The van der Waals surface area contributed by atoms with Crippen LogP contribution in [0.15, 0.2) is 48.5 Å². The van der Waals surface area contributed by atoms with Gasteiger partial charge < -0.3 is 4.74 Å². The van der Waals surface area contributed by atoms with Gasteiger partial charge in [-0.05, 0) is 59.7 Å². The normalized spacial score (nSPS) is 17.0. The summed E-state index contributed by atoms with van der Waals surface area (Å²) in [4.78, 5) is 0. The summed E-state index contributed by atoms with van der Waals surface area (Å²) >= 11 is 0. The van der Waals surface area contributed by atoms with Crippen LogP contribution < -0.4 is 4.74 Å². The number of ether oxygens (including phenoxy) is 1. The van der Waals surface area contributed by atoms with Crippen molar-refractivity contribution >= 4 is 0 Å². The molecule has 192 valence electrons. The minimum Gasteiger partial charge on any atom is -0.429 e. The van der Waals surface area contributed by atoms with Gasteiger partial charge in [0.15, 0.2) is 12.3 Å². The van der Waals surface area contributed by atoms with Gasteiger partial charge in [0, 0.05) is 11.1 Å². The molecule has 0 saturated heterocycles. The highest BCUT2D eigenvalue weighted by Crippen LogP contribution is 2.52. The molecule has 2 atom stereocenters. The lowest BCUT2D eigenvalue weighted by atomic mass is 9.80. The number of fused-ring (bicyclic) bond motifs is 3. The predicted molar refractivity (Wildman–Crippen MR) is 128 cm³/mol. The van der Waals surface area contributed by atoms with E-state index < -0.39 is 46.8 Å². The van der Waals surface area contributed by atoms with Gasteiger partial charge in [0.1, 0.15) is 22.9 Å². The number of benzene rings is 3. The van der Waals surface area contributed by atoms with E-state index in [1.165, 1.54) is 24.3 Å². The first-order chi connectivity index (χ1) is 17.2. The topological polar surface area (TPSA) is 9.23 Å². The fourth-order valence-corrected chi connectivity index (χ4v) is 4.73. The van der Waals surface area contributed by atoms with E-state index in [0.29, 0.717) is 12.8 Å². The molecule has 1 nitrogen and oxygen atoms in total. The number of hydrogen-bond donors (Lipinski definition) is 0. The van der Waals surface area contributed by atoms with E-state index in [1.54, 1.807) is 12.1 Å². The zero-order valence-electron chi connectivity index (χ0n) is 20.2. The first-order valence-electron chi connectivity index (χ1n) is 12.3. The van der Waals surface area contributed by atoms with Gasteiger partial charge in [-0.25, -0.2) is 17.6 Å². The third-order valence-electron chi connectivity index (χ3n) is 6.61. The fraction of sp³-hybridized carbons (Fsp3) is 0.379. The Hall–Kier alpha value is -2.96. The molecule has 3 aromatic rings. The molecule has 0 fully saturated rings. The summed E-state index contributed by atoms with van der Waals surface area (Å²) in [6, 6.07) is 10.7.